The minimum absolute atomic E-state index is 0.0900. The van der Waals surface area contributed by atoms with Gasteiger partial charge in [-0.3, -0.25) is 4.55 Å². The molecular formula is C9H10F2NO5PS. The molecule has 19 heavy (non-hydrogen) atoms. The second kappa shape index (κ2) is 5.36. The van der Waals surface area contributed by atoms with Crippen molar-refractivity contribution in [1.82, 2.24) is 0 Å². The van der Waals surface area contributed by atoms with E-state index in [2.05, 4.69) is 4.74 Å². The van der Waals surface area contributed by atoms with E-state index in [-0.39, 0.29) is 5.56 Å². The minimum atomic E-state index is -5.69. The van der Waals surface area contributed by atoms with Crippen LogP contribution in [0.4, 0.5) is 14.5 Å². The van der Waals surface area contributed by atoms with Crippen LogP contribution in [0.15, 0.2) is 24.3 Å². The topological polar surface area (TPSA) is 107 Å². The Balaban J connectivity index is 2.86. The summed E-state index contributed by atoms with van der Waals surface area (Å²) in [5.41, 5.74) is 5.63. The van der Waals surface area contributed by atoms with Crippen molar-refractivity contribution in [2.45, 2.75) is 11.1 Å². The highest BCUT2D eigenvalue weighted by Gasteiger charge is 2.52. The average molecular weight is 313 g/mol. The first kappa shape index (κ1) is 15.7. The summed E-state index contributed by atoms with van der Waals surface area (Å²) in [6, 6.07) is 5.13. The molecule has 0 radical (unpaired) electrons. The number of ether oxygens (including phenoxy) is 1. The number of carbonyl (C=O) groups excluding carboxylic acids is 1. The Morgan fingerprint density at radius 1 is 1.37 bits per heavy atom. The molecule has 0 aliphatic rings. The van der Waals surface area contributed by atoms with Crippen LogP contribution in [0.3, 0.4) is 0 Å². The van der Waals surface area contributed by atoms with Crippen LogP contribution in [-0.4, -0.2) is 30.0 Å². The van der Waals surface area contributed by atoms with Crippen molar-refractivity contribution >= 4 is 31.0 Å². The Bertz CT molecular complexity index is 575. The third kappa shape index (κ3) is 3.59. The number of esters is 1. The molecule has 0 heterocycles. The molecule has 106 valence electrons. The first-order valence-electron chi connectivity index (χ1n) is 4.72. The number of rotatable bonds is 4. The molecule has 0 aliphatic heterocycles. The molecule has 2 atom stereocenters. The van der Waals surface area contributed by atoms with Gasteiger partial charge in [0.05, 0.1) is 5.56 Å². The largest absolute Gasteiger partial charge is 0.447 e. The monoisotopic (exact) mass is 313 g/mol. The van der Waals surface area contributed by atoms with Crippen LogP contribution in [0.2, 0.25) is 0 Å². The van der Waals surface area contributed by atoms with E-state index in [1.54, 1.807) is 0 Å². The molecule has 3 N–H and O–H groups in total. The lowest BCUT2D eigenvalue weighted by Gasteiger charge is -2.20. The summed E-state index contributed by atoms with van der Waals surface area (Å²) in [6.45, 7) is 0. The third-order valence-corrected chi connectivity index (χ3v) is 3.77. The lowest BCUT2D eigenvalue weighted by molar-refractivity contribution is -0.0255. The number of alkyl halides is 2. The molecule has 0 saturated heterocycles. The number of hydrogen-bond acceptors (Lipinski definition) is 5. The number of halogens is 2. The zero-order valence-electron chi connectivity index (χ0n) is 9.29. The van der Waals surface area contributed by atoms with Crippen LogP contribution in [0.25, 0.3) is 0 Å². The van der Waals surface area contributed by atoms with Crippen molar-refractivity contribution in [1.29, 1.82) is 0 Å². The second-order valence-electron chi connectivity index (χ2n) is 3.48. The van der Waals surface area contributed by atoms with E-state index in [0.29, 0.717) is 5.69 Å². The summed E-state index contributed by atoms with van der Waals surface area (Å²) >= 11 is 0. The maximum atomic E-state index is 13.1. The number of hydrogen-bond donors (Lipinski definition) is 2. The van der Waals surface area contributed by atoms with Crippen LogP contribution in [0, 0.1) is 0 Å². The Labute approximate surface area is 109 Å². The fourth-order valence-electron chi connectivity index (χ4n) is 1.02. The van der Waals surface area contributed by atoms with Crippen molar-refractivity contribution in [2.24, 2.45) is 0 Å². The normalized spacial score (nSPS) is 13.9. The first-order chi connectivity index (χ1) is 8.55. The quantitative estimate of drug-likeness (QED) is 0.373. The van der Waals surface area contributed by atoms with Crippen LogP contribution in [0.1, 0.15) is 10.4 Å². The smallest absolute Gasteiger partial charge is 0.408 e. The molecular weight excluding hydrogens is 303 g/mol. The lowest BCUT2D eigenvalue weighted by atomic mass is 10.2. The molecule has 0 aromatic heterocycles. The second-order valence-corrected chi connectivity index (χ2v) is 5.58. The van der Waals surface area contributed by atoms with Gasteiger partial charge >= 0.3 is 21.3 Å². The van der Waals surface area contributed by atoms with Crippen LogP contribution < -0.4 is 5.73 Å². The third-order valence-electron chi connectivity index (χ3n) is 2.06. The first-order valence-corrected chi connectivity index (χ1v) is 6.83. The van der Waals surface area contributed by atoms with E-state index < -0.39 is 27.2 Å². The number of carbonyl (C=O) groups is 1. The van der Waals surface area contributed by atoms with Gasteiger partial charge in [0.15, 0.2) is 5.85 Å². The zero-order valence-corrected chi connectivity index (χ0v) is 11.3. The van der Waals surface area contributed by atoms with Gasteiger partial charge in [0, 0.05) is 5.69 Å². The molecule has 0 spiro atoms. The van der Waals surface area contributed by atoms with Crippen LogP contribution in [-0.2, 0) is 14.9 Å². The van der Waals surface area contributed by atoms with Crippen molar-refractivity contribution in [2.75, 3.05) is 5.73 Å². The predicted molar refractivity (Wildman–Crippen MR) is 66.3 cm³/mol. The molecule has 1 aromatic rings. The summed E-state index contributed by atoms with van der Waals surface area (Å²) in [6.07, 6.45) is 0. The highest BCUT2D eigenvalue weighted by atomic mass is 32.2. The lowest BCUT2D eigenvalue weighted by Crippen LogP contribution is -2.40. The molecule has 1 rings (SSSR count). The van der Waals surface area contributed by atoms with Crippen molar-refractivity contribution in [3.8, 4) is 0 Å². The molecule has 0 saturated carbocycles. The molecule has 0 aliphatic carbocycles. The Kier molecular flexibility index (Phi) is 4.44. The van der Waals surface area contributed by atoms with E-state index in [9.17, 15) is 22.0 Å². The van der Waals surface area contributed by atoms with E-state index in [0.717, 1.165) is 0 Å². The number of nitrogen functional groups attached to an aromatic ring is 1. The minimum Gasteiger partial charge on any atom is -0.447 e. The number of anilines is 1. The van der Waals surface area contributed by atoms with E-state index in [1.165, 1.54) is 33.5 Å². The zero-order chi connectivity index (χ0) is 14.8. The highest BCUT2D eigenvalue weighted by Crippen LogP contribution is 2.31. The van der Waals surface area contributed by atoms with Gasteiger partial charge in [0.2, 0.25) is 0 Å². The van der Waals surface area contributed by atoms with Crippen molar-refractivity contribution in [3.05, 3.63) is 29.8 Å². The molecule has 1 aromatic carbocycles. The van der Waals surface area contributed by atoms with Gasteiger partial charge in [0.1, 0.15) is 0 Å². The summed E-state index contributed by atoms with van der Waals surface area (Å²) in [7, 11) is -4.35. The predicted octanol–water partition coefficient (Wildman–Crippen LogP) is 1.11. The van der Waals surface area contributed by atoms with E-state index in [1.807, 2.05) is 0 Å². The molecule has 10 heteroatoms. The molecule has 0 fully saturated rings. The molecule has 0 amide bonds. The van der Waals surface area contributed by atoms with Crippen molar-refractivity contribution in [3.63, 3.8) is 0 Å². The van der Waals surface area contributed by atoms with Gasteiger partial charge in [-0.25, -0.2) is 4.79 Å². The van der Waals surface area contributed by atoms with Gasteiger partial charge in [-0.05, 0) is 24.3 Å². The molecule has 2 unspecified atom stereocenters. The molecule has 6 nitrogen and oxygen atoms in total. The summed E-state index contributed by atoms with van der Waals surface area (Å²) < 4.78 is 59.7. The van der Waals surface area contributed by atoms with Gasteiger partial charge in [-0.2, -0.15) is 17.2 Å². The Morgan fingerprint density at radius 3 is 2.26 bits per heavy atom. The summed E-state index contributed by atoms with van der Waals surface area (Å²) in [4.78, 5) is 11.5. The summed E-state index contributed by atoms with van der Waals surface area (Å²) in [5.74, 6) is -3.60. The highest BCUT2D eigenvalue weighted by molar-refractivity contribution is 7.87. The fraction of sp³-hybridized carbons (Fsp3) is 0.222. The maximum Gasteiger partial charge on any atom is 0.408 e. The van der Waals surface area contributed by atoms with Gasteiger partial charge in [-0.15, -0.1) is 0 Å². The van der Waals surface area contributed by atoms with Gasteiger partial charge in [0.25, 0.3) is 0 Å². The fourth-order valence-corrected chi connectivity index (χ4v) is 2.00. The Morgan fingerprint density at radius 2 is 1.84 bits per heavy atom. The Hall–Kier alpha value is -1.31. The summed E-state index contributed by atoms with van der Waals surface area (Å²) in [5, 5.41) is -4.62. The van der Waals surface area contributed by atoms with E-state index in [4.69, 9.17) is 10.3 Å². The number of benzene rings is 1. The molecule has 0 bridgehead atoms. The number of nitrogens with two attached hydrogens (primary N) is 1. The maximum absolute atomic E-state index is 13.1. The standard InChI is InChI=1S/C9H10F2NO5PS/c10-9(11,19(14,15)16)8(18)17-7(13)5-1-3-6(12)4-2-5/h1-4,8H,12,18H2,(H,14,15,16). The van der Waals surface area contributed by atoms with E-state index >= 15 is 0 Å². The van der Waals surface area contributed by atoms with Crippen molar-refractivity contribution < 1.29 is 31.3 Å². The van der Waals surface area contributed by atoms with Gasteiger partial charge in [-0.1, -0.05) is 9.24 Å². The average Bonchev–Trinajstić information content (AvgIpc) is 2.28. The van der Waals surface area contributed by atoms with Crippen LogP contribution in [0.5, 0.6) is 0 Å². The van der Waals surface area contributed by atoms with Gasteiger partial charge < -0.3 is 10.5 Å². The van der Waals surface area contributed by atoms with Crippen LogP contribution >= 0.6 is 9.24 Å². The SMILES string of the molecule is Nc1ccc(C(=O)OC(P)C(F)(F)S(=O)(=O)O)cc1.